The Morgan fingerprint density at radius 1 is 0.933 bits per heavy atom. The average Bonchev–Trinajstić information content (AvgIpc) is 1.93. The van der Waals surface area contributed by atoms with Gasteiger partial charge in [0.2, 0.25) is 0 Å². The van der Waals surface area contributed by atoms with Crippen LogP contribution in [0.3, 0.4) is 0 Å². The second-order valence-corrected chi connectivity index (χ2v) is 2.35. The maximum atomic E-state index is 8.96. The summed E-state index contributed by atoms with van der Waals surface area (Å²) < 4.78 is 4.69. The molecule has 0 spiro atoms. The van der Waals surface area contributed by atoms with Crippen molar-refractivity contribution < 1.29 is 90.7 Å². The first-order chi connectivity index (χ1) is 4.63. The average molecular weight is 486 g/mol. The van der Waals surface area contributed by atoms with Gasteiger partial charge in [0.25, 0.3) is 0 Å². The fraction of sp³-hybridized carbons (Fsp3) is 1.00. The van der Waals surface area contributed by atoms with E-state index in [1.807, 2.05) is 0 Å². The van der Waals surface area contributed by atoms with Crippen molar-refractivity contribution in [2.45, 2.75) is 24.5 Å². The third-order valence-corrected chi connectivity index (χ3v) is 1.54. The number of rotatable bonds is 0. The van der Waals surface area contributed by atoms with Gasteiger partial charge in [0, 0.05) is 0 Å². The van der Waals surface area contributed by atoms with Crippen LogP contribution in [0.1, 0.15) is 0 Å². The van der Waals surface area contributed by atoms with E-state index in [4.69, 9.17) is 25.8 Å². The van der Waals surface area contributed by atoms with Gasteiger partial charge in [-0.1, -0.05) is 0 Å². The molecule has 1 aliphatic rings. The molecule has 5 N–H and O–H groups in total. The normalized spacial score (nSPS) is 32.8. The molecule has 0 saturated carbocycles. The summed E-state index contributed by atoms with van der Waals surface area (Å²) in [5.74, 6) is 0. The van der Waals surface area contributed by atoms with E-state index < -0.39 is 24.5 Å². The molecular weight excluding hydrogens is 475 g/mol. The number of aliphatic hydroxyl groups excluding tert-OH is 3. The van der Waals surface area contributed by atoms with Gasteiger partial charge in [-0.15, -0.1) is 0 Å². The first kappa shape index (κ1) is 30.0. The molecule has 0 bridgehead atoms. The van der Waals surface area contributed by atoms with Gasteiger partial charge in [-0.05, 0) is 0 Å². The maximum absolute atomic E-state index is 8.96. The van der Waals surface area contributed by atoms with Crippen LogP contribution in [-0.2, 0) is 25.8 Å². The summed E-state index contributed by atoms with van der Waals surface area (Å²) in [7, 11) is 0. The largest absolute Gasteiger partial charge is 4.00 e. The van der Waals surface area contributed by atoms with E-state index in [0.717, 1.165) is 0 Å². The molecule has 5 nitrogen and oxygen atoms in total. The van der Waals surface area contributed by atoms with Gasteiger partial charge in [-0.25, -0.2) is 0 Å². The minimum Gasteiger partial charge on any atom is -1.00 e. The summed E-state index contributed by atoms with van der Waals surface area (Å²) >= 11 is 0. The first-order valence-corrected chi connectivity index (χ1v) is 3.04. The molecule has 15 heavy (non-hydrogen) atoms. The molecule has 0 amide bonds. The van der Waals surface area contributed by atoms with Gasteiger partial charge in [0.05, 0.1) is 6.61 Å². The quantitative estimate of drug-likeness (QED) is 0.273. The van der Waals surface area contributed by atoms with Crippen molar-refractivity contribution >= 4 is 0 Å². The third kappa shape index (κ3) is 8.38. The second-order valence-electron chi connectivity index (χ2n) is 2.35. The predicted octanol–water partition coefficient (Wildman–Crippen LogP) is -14.6. The van der Waals surface area contributed by atoms with Crippen molar-refractivity contribution in [3.05, 3.63) is 0 Å². The van der Waals surface area contributed by atoms with E-state index in [1.165, 1.54) is 0 Å². The molecule has 1 aliphatic heterocycles. The van der Waals surface area contributed by atoms with E-state index in [9.17, 15) is 0 Å². The molecule has 0 aromatic rings. The number of halogens is 4. The Hall–Kier alpha value is 1.65. The summed E-state index contributed by atoms with van der Waals surface area (Å²) in [4.78, 5) is 0. The van der Waals surface area contributed by atoms with E-state index in [1.54, 1.807) is 0 Å². The Morgan fingerprint density at radius 2 is 1.33 bits per heavy atom. The Kier molecular flexibility index (Phi) is 27.5. The minimum atomic E-state index is -1.19. The van der Waals surface area contributed by atoms with Crippen molar-refractivity contribution in [3.8, 4) is 0 Å². The Balaban J connectivity index is -0.0000000667. The van der Waals surface area contributed by atoms with Crippen molar-refractivity contribution in [3.63, 3.8) is 0 Å². The zero-order valence-electron chi connectivity index (χ0n) is 7.17. The number of aliphatic hydroxyl groups is 3. The van der Waals surface area contributed by atoms with Gasteiger partial charge in [-0.2, -0.15) is 0 Å². The molecule has 1 unspecified atom stereocenters. The summed E-state index contributed by atoms with van der Waals surface area (Å²) in [5, 5.41) is 26.8. The minimum absolute atomic E-state index is 0. The van der Waals surface area contributed by atoms with Crippen LogP contribution in [0.5, 0.6) is 0 Å². The molecule has 1 saturated heterocycles. The number of ether oxygens (including phenoxy) is 1. The van der Waals surface area contributed by atoms with Crippen LogP contribution < -0.4 is 55.4 Å². The Labute approximate surface area is 127 Å². The van der Waals surface area contributed by atoms with Gasteiger partial charge in [0.1, 0.15) is 24.5 Å². The van der Waals surface area contributed by atoms with Crippen molar-refractivity contribution in [1.29, 1.82) is 0 Å². The SMILES string of the molecule is NC1OC[C@@H](O)[C@H](O)[C@H]1O.[Cl-].[Cl-].[Cl-].[Cl-].[Pt+4]. The summed E-state index contributed by atoms with van der Waals surface area (Å²) in [6.45, 7) is -0.0284. The molecule has 98 valence electrons. The van der Waals surface area contributed by atoms with Crippen molar-refractivity contribution in [2.24, 2.45) is 5.73 Å². The first-order valence-electron chi connectivity index (χ1n) is 3.04. The monoisotopic (exact) mass is 484 g/mol. The van der Waals surface area contributed by atoms with Crippen molar-refractivity contribution in [1.82, 2.24) is 0 Å². The van der Waals surface area contributed by atoms with Gasteiger partial charge in [-0.3, -0.25) is 0 Å². The Morgan fingerprint density at radius 3 is 1.67 bits per heavy atom. The van der Waals surface area contributed by atoms with E-state index in [0.29, 0.717) is 0 Å². The molecule has 10 heteroatoms. The molecule has 4 atom stereocenters. The standard InChI is InChI=1S/C5H11NO4.4ClH.Pt/c6-5-4(9)3(8)2(7)1-10-5;;;;;/h2-5,7-9H,1,6H2;4*1H;/q;;;;;+4/p-4/t2-,3+,4-,5?;;;;;/m1...../s1. The maximum Gasteiger partial charge on any atom is 4.00 e. The van der Waals surface area contributed by atoms with Gasteiger partial charge in [0.15, 0.2) is 0 Å². The molecular formula is C5H11Cl4NO4Pt. The summed E-state index contributed by atoms with van der Waals surface area (Å²) in [6.07, 6.45) is -4.30. The van der Waals surface area contributed by atoms with Crippen LogP contribution in [0.15, 0.2) is 0 Å². The molecule has 0 aromatic heterocycles. The molecule has 0 radical (unpaired) electrons. The van der Waals surface area contributed by atoms with Gasteiger partial charge >= 0.3 is 21.1 Å². The summed E-state index contributed by atoms with van der Waals surface area (Å²) in [5.41, 5.74) is 5.19. The van der Waals surface area contributed by atoms with Crippen LogP contribution in [0.25, 0.3) is 0 Å². The summed E-state index contributed by atoms with van der Waals surface area (Å²) in [6, 6.07) is 0. The van der Waals surface area contributed by atoms with Crippen LogP contribution in [0, 0.1) is 0 Å². The fourth-order valence-electron chi connectivity index (χ4n) is 0.829. The number of nitrogens with two attached hydrogens (primary N) is 1. The third-order valence-electron chi connectivity index (χ3n) is 1.54. The van der Waals surface area contributed by atoms with Crippen LogP contribution in [-0.4, -0.2) is 46.5 Å². The van der Waals surface area contributed by atoms with E-state index in [2.05, 4.69) is 0 Å². The Bertz CT molecular complexity index is 124. The topological polar surface area (TPSA) is 95.9 Å². The van der Waals surface area contributed by atoms with Gasteiger partial charge < -0.3 is 75.4 Å². The zero-order valence-corrected chi connectivity index (χ0v) is 12.5. The van der Waals surface area contributed by atoms with Crippen molar-refractivity contribution in [2.75, 3.05) is 6.61 Å². The second kappa shape index (κ2) is 13.7. The van der Waals surface area contributed by atoms with Crippen LogP contribution in [0.4, 0.5) is 0 Å². The molecule has 1 fully saturated rings. The molecule has 1 heterocycles. The predicted molar refractivity (Wildman–Crippen MR) is 31.9 cm³/mol. The smallest absolute Gasteiger partial charge is 1.00 e. The van der Waals surface area contributed by atoms with E-state index in [-0.39, 0.29) is 77.3 Å². The molecule has 0 aliphatic carbocycles. The van der Waals surface area contributed by atoms with Crippen LogP contribution >= 0.6 is 0 Å². The zero-order chi connectivity index (χ0) is 7.72. The number of hydrogen-bond acceptors (Lipinski definition) is 5. The number of hydrogen-bond donors (Lipinski definition) is 4. The fourth-order valence-corrected chi connectivity index (χ4v) is 0.829. The van der Waals surface area contributed by atoms with E-state index >= 15 is 0 Å². The molecule has 0 aromatic carbocycles. The molecule has 1 rings (SSSR count). The van der Waals surface area contributed by atoms with Crippen LogP contribution in [0.2, 0.25) is 0 Å².